The van der Waals surface area contributed by atoms with Crippen molar-refractivity contribution in [2.24, 2.45) is 46.3 Å². The molecule has 0 saturated heterocycles. The van der Waals surface area contributed by atoms with Crippen molar-refractivity contribution in [3.8, 4) is 0 Å². The summed E-state index contributed by atoms with van der Waals surface area (Å²) in [5.41, 5.74) is 1.14. The van der Waals surface area contributed by atoms with E-state index in [1.807, 2.05) is 0 Å². The molecule has 6 atom stereocenters. The normalized spacial score (nSPS) is 41.0. The van der Waals surface area contributed by atoms with Gasteiger partial charge in [0.1, 0.15) is 0 Å². The summed E-state index contributed by atoms with van der Waals surface area (Å²) in [5.74, 6) is 6.48. The lowest BCUT2D eigenvalue weighted by Gasteiger charge is -2.36. The minimum Gasteiger partial charge on any atom is -0.0599 e. The van der Waals surface area contributed by atoms with Crippen LogP contribution in [0.4, 0.5) is 0 Å². The SMILES string of the molecule is CC(C)(C)C1CCC2CCCC21.CC(C)(C)C1CCC2CCCCC21. The maximum absolute atomic E-state index is 2.44. The Hall–Kier alpha value is 0. The Labute approximate surface area is 158 Å². The highest BCUT2D eigenvalue weighted by molar-refractivity contribution is 4.94. The van der Waals surface area contributed by atoms with E-state index in [0.717, 1.165) is 35.5 Å². The molecule has 4 aliphatic rings. The second-order valence-electron chi connectivity index (χ2n) is 12.2. The topological polar surface area (TPSA) is 0 Å². The molecule has 0 spiro atoms. The third-order valence-electron chi connectivity index (χ3n) is 8.64. The molecule has 0 amide bonds. The molecule has 0 radical (unpaired) electrons. The molecular formula is C25H46. The van der Waals surface area contributed by atoms with Gasteiger partial charge in [-0.1, -0.05) is 73.6 Å². The van der Waals surface area contributed by atoms with Gasteiger partial charge < -0.3 is 0 Å². The Morgan fingerprint density at radius 3 is 1.32 bits per heavy atom. The molecule has 0 aromatic heterocycles. The smallest absolute Gasteiger partial charge is 0.0334 e. The van der Waals surface area contributed by atoms with Crippen molar-refractivity contribution in [3.05, 3.63) is 0 Å². The molecule has 0 nitrogen and oxygen atoms in total. The lowest BCUT2D eigenvalue weighted by molar-refractivity contribution is 0.133. The minimum atomic E-state index is 0.566. The zero-order valence-electron chi connectivity index (χ0n) is 18.2. The predicted octanol–water partition coefficient (Wildman–Crippen LogP) is 8.11. The Balaban J connectivity index is 0.000000146. The van der Waals surface area contributed by atoms with Crippen molar-refractivity contribution in [1.82, 2.24) is 0 Å². The van der Waals surface area contributed by atoms with Gasteiger partial charge in [0.15, 0.2) is 0 Å². The van der Waals surface area contributed by atoms with Crippen molar-refractivity contribution in [1.29, 1.82) is 0 Å². The van der Waals surface area contributed by atoms with E-state index in [1.54, 1.807) is 0 Å². The largest absolute Gasteiger partial charge is 0.0599 e. The van der Waals surface area contributed by atoms with Gasteiger partial charge in [-0.15, -0.1) is 0 Å². The lowest BCUT2D eigenvalue weighted by atomic mass is 9.69. The molecule has 0 aliphatic heterocycles. The minimum absolute atomic E-state index is 0.566. The van der Waals surface area contributed by atoms with Crippen molar-refractivity contribution < 1.29 is 0 Å². The summed E-state index contributed by atoms with van der Waals surface area (Å²) in [6, 6.07) is 0. The van der Waals surface area contributed by atoms with Gasteiger partial charge in [-0.2, -0.15) is 0 Å². The van der Waals surface area contributed by atoms with E-state index in [1.165, 1.54) is 70.6 Å². The first-order valence-corrected chi connectivity index (χ1v) is 11.7. The monoisotopic (exact) mass is 346 g/mol. The average molecular weight is 347 g/mol. The summed E-state index contributed by atoms with van der Waals surface area (Å²) in [5, 5.41) is 0. The van der Waals surface area contributed by atoms with Gasteiger partial charge in [-0.05, 0) is 84.9 Å². The number of fused-ring (bicyclic) bond motifs is 2. The van der Waals surface area contributed by atoms with Crippen molar-refractivity contribution >= 4 is 0 Å². The van der Waals surface area contributed by atoms with Crippen LogP contribution in [0, 0.1) is 46.3 Å². The van der Waals surface area contributed by atoms with E-state index in [2.05, 4.69) is 41.5 Å². The van der Waals surface area contributed by atoms with Crippen LogP contribution in [-0.2, 0) is 0 Å². The Kier molecular flexibility index (Phi) is 5.97. The third kappa shape index (κ3) is 4.47. The standard InChI is InChI=1S/C13H24.C12H22/c1-13(2,3)12-9-8-10-6-4-5-7-11(10)12;1-12(2,3)11-8-7-9-5-4-6-10(9)11/h10-12H,4-9H2,1-3H3;9-11H,4-8H2,1-3H3. The lowest BCUT2D eigenvalue weighted by Crippen LogP contribution is -2.28. The molecule has 0 heteroatoms. The van der Waals surface area contributed by atoms with E-state index < -0.39 is 0 Å². The predicted molar refractivity (Wildman–Crippen MR) is 111 cm³/mol. The van der Waals surface area contributed by atoms with Crippen LogP contribution in [0.5, 0.6) is 0 Å². The van der Waals surface area contributed by atoms with Crippen LogP contribution in [0.25, 0.3) is 0 Å². The molecule has 0 N–H and O–H groups in total. The van der Waals surface area contributed by atoms with Crippen molar-refractivity contribution in [2.45, 2.75) is 112 Å². The first-order valence-electron chi connectivity index (χ1n) is 11.7. The van der Waals surface area contributed by atoms with E-state index in [0.29, 0.717) is 10.8 Å². The fraction of sp³-hybridized carbons (Fsp3) is 1.00. The van der Waals surface area contributed by atoms with Gasteiger partial charge in [0, 0.05) is 0 Å². The summed E-state index contributed by atoms with van der Waals surface area (Å²) < 4.78 is 0. The third-order valence-corrected chi connectivity index (χ3v) is 8.64. The molecule has 4 aliphatic carbocycles. The summed E-state index contributed by atoms with van der Waals surface area (Å²) in [4.78, 5) is 0. The van der Waals surface area contributed by atoms with Crippen LogP contribution in [-0.4, -0.2) is 0 Å². The van der Waals surface area contributed by atoms with Crippen molar-refractivity contribution in [3.63, 3.8) is 0 Å². The Morgan fingerprint density at radius 1 is 0.440 bits per heavy atom. The first-order chi connectivity index (χ1) is 11.7. The summed E-state index contributed by atoms with van der Waals surface area (Å²) in [7, 11) is 0. The van der Waals surface area contributed by atoms with Crippen LogP contribution in [0.1, 0.15) is 112 Å². The van der Waals surface area contributed by atoms with Crippen LogP contribution in [0.2, 0.25) is 0 Å². The molecule has 146 valence electrons. The Bertz CT molecular complexity index is 420. The molecule has 4 fully saturated rings. The second kappa shape index (κ2) is 7.55. The zero-order chi connectivity index (χ0) is 18.2. The van der Waals surface area contributed by atoms with Gasteiger partial charge in [0.25, 0.3) is 0 Å². The van der Waals surface area contributed by atoms with E-state index in [9.17, 15) is 0 Å². The molecule has 6 unspecified atom stereocenters. The van der Waals surface area contributed by atoms with Crippen LogP contribution in [0.15, 0.2) is 0 Å². The summed E-state index contributed by atoms with van der Waals surface area (Å²) >= 11 is 0. The fourth-order valence-corrected chi connectivity index (χ4v) is 7.44. The first kappa shape index (κ1) is 19.8. The van der Waals surface area contributed by atoms with Gasteiger partial charge in [-0.3, -0.25) is 0 Å². The van der Waals surface area contributed by atoms with Gasteiger partial charge in [0.05, 0.1) is 0 Å². The molecule has 0 heterocycles. The van der Waals surface area contributed by atoms with Gasteiger partial charge in [0.2, 0.25) is 0 Å². The molecule has 0 bridgehead atoms. The molecular weight excluding hydrogens is 300 g/mol. The number of hydrogen-bond donors (Lipinski definition) is 0. The molecule has 4 rings (SSSR count). The van der Waals surface area contributed by atoms with Crippen LogP contribution >= 0.6 is 0 Å². The van der Waals surface area contributed by atoms with E-state index in [4.69, 9.17) is 0 Å². The molecule has 25 heavy (non-hydrogen) atoms. The highest BCUT2D eigenvalue weighted by Gasteiger charge is 2.44. The highest BCUT2D eigenvalue weighted by Crippen LogP contribution is 2.53. The number of rotatable bonds is 0. The van der Waals surface area contributed by atoms with E-state index in [-0.39, 0.29) is 0 Å². The van der Waals surface area contributed by atoms with Crippen LogP contribution < -0.4 is 0 Å². The fourth-order valence-electron chi connectivity index (χ4n) is 7.44. The Morgan fingerprint density at radius 2 is 0.840 bits per heavy atom. The highest BCUT2D eigenvalue weighted by atomic mass is 14.5. The zero-order valence-corrected chi connectivity index (χ0v) is 18.2. The van der Waals surface area contributed by atoms with Crippen LogP contribution in [0.3, 0.4) is 0 Å². The maximum Gasteiger partial charge on any atom is -0.0334 e. The quantitative estimate of drug-likeness (QED) is 0.415. The van der Waals surface area contributed by atoms with Crippen molar-refractivity contribution in [2.75, 3.05) is 0 Å². The summed E-state index contributed by atoms with van der Waals surface area (Å²) in [6.07, 6.45) is 16.8. The van der Waals surface area contributed by atoms with Gasteiger partial charge >= 0.3 is 0 Å². The maximum atomic E-state index is 2.44. The molecule has 0 aromatic rings. The average Bonchev–Trinajstić information content (AvgIpc) is 3.20. The van der Waals surface area contributed by atoms with E-state index >= 15 is 0 Å². The summed E-state index contributed by atoms with van der Waals surface area (Å²) in [6.45, 7) is 14.6. The second-order valence-corrected chi connectivity index (χ2v) is 12.2. The van der Waals surface area contributed by atoms with Gasteiger partial charge in [-0.25, -0.2) is 0 Å². The molecule has 4 saturated carbocycles. The number of hydrogen-bond acceptors (Lipinski definition) is 0. The molecule has 0 aromatic carbocycles.